The lowest BCUT2D eigenvalue weighted by Crippen LogP contribution is -2.41. The van der Waals surface area contributed by atoms with Crippen molar-refractivity contribution in [2.24, 2.45) is 0 Å². The predicted octanol–water partition coefficient (Wildman–Crippen LogP) is 2.27. The molecule has 0 heterocycles. The number of rotatable bonds is 8. The number of hydrogen-bond donors (Lipinski definition) is 2. The SMILES string of the molecule is CCOc1ccc([C@@H](C)N[C@@H](C)C(=O)NC)cc1OCC. The Morgan fingerprint density at radius 3 is 2.33 bits per heavy atom. The monoisotopic (exact) mass is 294 g/mol. The van der Waals surface area contributed by atoms with Gasteiger partial charge in [0.1, 0.15) is 0 Å². The molecule has 0 aromatic heterocycles. The second kappa shape index (κ2) is 8.52. The van der Waals surface area contributed by atoms with Crippen molar-refractivity contribution in [2.75, 3.05) is 20.3 Å². The summed E-state index contributed by atoms with van der Waals surface area (Å²) in [6.07, 6.45) is 0. The van der Waals surface area contributed by atoms with Crippen LogP contribution in [0.3, 0.4) is 0 Å². The largest absolute Gasteiger partial charge is 0.490 e. The molecule has 0 radical (unpaired) electrons. The Morgan fingerprint density at radius 1 is 1.14 bits per heavy atom. The predicted molar refractivity (Wildman–Crippen MR) is 83.9 cm³/mol. The van der Waals surface area contributed by atoms with Crippen molar-refractivity contribution in [1.82, 2.24) is 10.6 Å². The van der Waals surface area contributed by atoms with Gasteiger partial charge in [0.25, 0.3) is 0 Å². The van der Waals surface area contributed by atoms with Crippen LogP contribution in [0.1, 0.15) is 39.3 Å². The van der Waals surface area contributed by atoms with E-state index >= 15 is 0 Å². The summed E-state index contributed by atoms with van der Waals surface area (Å²) in [5.41, 5.74) is 1.05. The third-order valence-corrected chi connectivity index (χ3v) is 3.21. The fourth-order valence-electron chi connectivity index (χ4n) is 2.10. The number of ether oxygens (including phenoxy) is 2. The summed E-state index contributed by atoms with van der Waals surface area (Å²) in [6.45, 7) is 8.93. The summed E-state index contributed by atoms with van der Waals surface area (Å²) >= 11 is 0. The molecule has 21 heavy (non-hydrogen) atoms. The van der Waals surface area contributed by atoms with Gasteiger partial charge in [-0.2, -0.15) is 0 Å². The molecule has 0 bridgehead atoms. The Balaban J connectivity index is 2.86. The van der Waals surface area contributed by atoms with Crippen LogP contribution in [0.25, 0.3) is 0 Å². The molecular weight excluding hydrogens is 268 g/mol. The maximum absolute atomic E-state index is 11.6. The molecule has 2 atom stereocenters. The van der Waals surface area contributed by atoms with Crippen LogP contribution in [0.5, 0.6) is 11.5 Å². The number of amides is 1. The summed E-state index contributed by atoms with van der Waals surface area (Å²) in [4.78, 5) is 11.6. The Kier molecular flexibility index (Phi) is 7.02. The van der Waals surface area contributed by atoms with Crippen LogP contribution in [0.2, 0.25) is 0 Å². The van der Waals surface area contributed by atoms with Crippen LogP contribution in [-0.2, 0) is 4.79 Å². The lowest BCUT2D eigenvalue weighted by molar-refractivity contribution is -0.122. The third kappa shape index (κ3) is 4.93. The Labute approximate surface area is 127 Å². The van der Waals surface area contributed by atoms with Crippen molar-refractivity contribution in [3.05, 3.63) is 23.8 Å². The molecule has 0 aliphatic rings. The zero-order chi connectivity index (χ0) is 15.8. The molecule has 1 amide bonds. The third-order valence-electron chi connectivity index (χ3n) is 3.21. The maximum Gasteiger partial charge on any atom is 0.236 e. The van der Waals surface area contributed by atoms with E-state index < -0.39 is 0 Å². The van der Waals surface area contributed by atoms with Crippen molar-refractivity contribution in [3.8, 4) is 11.5 Å². The van der Waals surface area contributed by atoms with E-state index in [1.165, 1.54) is 0 Å². The van der Waals surface area contributed by atoms with Gasteiger partial charge in [0, 0.05) is 13.1 Å². The van der Waals surface area contributed by atoms with Crippen molar-refractivity contribution >= 4 is 5.91 Å². The van der Waals surface area contributed by atoms with Gasteiger partial charge >= 0.3 is 0 Å². The van der Waals surface area contributed by atoms with Gasteiger partial charge in [-0.3, -0.25) is 10.1 Å². The lowest BCUT2D eigenvalue weighted by atomic mass is 10.1. The van der Waals surface area contributed by atoms with E-state index in [2.05, 4.69) is 10.6 Å². The summed E-state index contributed by atoms with van der Waals surface area (Å²) in [5.74, 6) is 1.45. The Bertz CT molecular complexity index is 463. The van der Waals surface area contributed by atoms with E-state index in [-0.39, 0.29) is 18.0 Å². The van der Waals surface area contributed by atoms with Gasteiger partial charge in [0.05, 0.1) is 19.3 Å². The van der Waals surface area contributed by atoms with E-state index in [4.69, 9.17) is 9.47 Å². The molecule has 0 unspecified atom stereocenters. The standard InChI is InChI=1S/C16H26N2O3/c1-6-20-14-9-8-13(10-15(14)21-7-2)11(3)18-12(4)16(19)17-5/h8-12,18H,6-7H2,1-5H3,(H,17,19)/t11-,12+/m1/s1. The van der Waals surface area contributed by atoms with Crippen LogP contribution in [0, 0.1) is 0 Å². The molecule has 1 aromatic rings. The molecule has 0 aliphatic heterocycles. The van der Waals surface area contributed by atoms with Gasteiger partial charge in [-0.1, -0.05) is 6.07 Å². The highest BCUT2D eigenvalue weighted by molar-refractivity contribution is 5.80. The summed E-state index contributed by atoms with van der Waals surface area (Å²) in [7, 11) is 1.63. The van der Waals surface area contributed by atoms with Crippen molar-refractivity contribution in [3.63, 3.8) is 0 Å². The van der Waals surface area contributed by atoms with Gasteiger partial charge in [0.2, 0.25) is 5.91 Å². The number of carbonyl (C=O) groups is 1. The molecule has 0 aliphatic carbocycles. The lowest BCUT2D eigenvalue weighted by Gasteiger charge is -2.20. The second-order valence-corrected chi connectivity index (χ2v) is 4.80. The van der Waals surface area contributed by atoms with E-state index in [9.17, 15) is 4.79 Å². The highest BCUT2D eigenvalue weighted by Gasteiger charge is 2.16. The minimum Gasteiger partial charge on any atom is -0.490 e. The molecule has 1 rings (SSSR count). The molecule has 0 saturated carbocycles. The molecule has 5 heteroatoms. The first-order valence-electron chi connectivity index (χ1n) is 7.40. The fourth-order valence-corrected chi connectivity index (χ4v) is 2.10. The number of hydrogen-bond acceptors (Lipinski definition) is 4. The summed E-state index contributed by atoms with van der Waals surface area (Å²) in [6, 6.07) is 5.64. The molecular formula is C16H26N2O3. The average molecular weight is 294 g/mol. The molecule has 118 valence electrons. The van der Waals surface area contributed by atoms with Crippen LogP contribution in [0.4, 0.5) is 0 Å². The summed E-state index contributed by atoms with van der Waals surface area (Å²) in [5, 5.41) is 5.89. The Morgan fingerprint density at radius 2 is 1.76 bits per heavy atom. The van der Waals surface area contributed by atoms with Crippen molar-refractivity contribution in [2.45, 2.75) is 39.8 Å². The second-order valence-electron chi connectivity index (χ2n) is 4.80. The average Bonchev–Trinajstić information content (AvgIpc) is 2.48. The molecule has 1 aromatic carbocycles. The Hall–Kier alpha value is -1.75. The zero-order valence-electron chi connectivity index (χ0n) is 13.5. The minimum absolute atomic E-state index is 0.0298. The quantitative estimate of drug-likeness (QED) is 0.772. The van der Waals surface area contributed by atoms with Gasteiger partial charge < -0.3 is 14.8 Å². The zero-order valence-corrected chi connectivity index (χ0v) is 13.5. The van der Waals surface area contributed by atoms with Crippen LogP contribution in [-0.4, -0.2) is 32.2 Å². The van der Waals surface area contributed by atoms with Crippen LogP contribution < -0.4 is 20.1 Å². The van der Waals surface area contributed by atoms with Crippen molar-refractivity contribution in [1.29, 1.82) is 0 Å². The summed E-state index contributed by atoms with van der Waals surface area (Å²) < 4.78 is 11.2. The molecule has 5 nitrogen and oxygen atoms in total. The molecule has 0 spiro atoms. The van der Waals surface area contributed by atoms with E-state index in [1.807, 2.05) is 45.9 Å². The van der Waals surface area contributed by atoms with E-state index in [1.54, 1.807) is 7.05 Å². The van der Waals surface area contributed by atoms with Crippen LogP contribution >= 0.6 is 0 Å². The van der Waals surface area contributed by atoms with E-state index in [0.717, 1.165) is 17.1 Å². The fraction of sp³-hybridized carbons (Fsp3) is 0.562. The number of nitrogens with one attached hydrogen (secondary N) is 2. The molecule has 0 saturated heterocycles. The number of carbonyl (C=O) groups excluding carboxylic acids is 1. The van der Waals surface area contributed by atoms with Crippen molar-refractivity contribution < 1.29 is 14.3 Å². The number of benzene rings is 1. The number of likely N-dealkylation sites (N-methyl/N-ethyl adjacent to an activating group) is 1. The topological polar surface area (TPSA) is 59.6 Å². The maximum atomic E-state index is 11.6. The van der Waals surface area contributed by atoms with Gasteiger partial charge in [-0.15, -0.1) is 0 Å². The normalized spacial score (nSPS) is 13.4. The van der Waals surface area contributed by atoms with Gasteiger partial charge in [-0.05, 0) is 45.4 Å². The highest BCUT2D eigenvalue weighted by Crippen LogP contribution is 2.30. The van der Waals surface area contributed by atoms with Gasteiger partial charge in [0.15, 0.2) is 11.5 Å². The smallest absolute Gasteiger partial charge is 0.236 e. The first-order valence-corrected chi connectivity index (χ1v) is 7.40. The highest BCUT2D eigenvalue weighted by atomic mass is 16.5. The first kappa shape index (κ1) is 17.3. The van der Waals surface area contributed by atoms with Gasteiger partial charge in [-0.25, -0.2) is 0 Å². The first-order chi connectivity index (χ1) is 10.0. The molecule has 0 fully saturated rings. The molecule has 2 N–H and O–H groups in total. The van der Waals surface area contributed by atoms with Crippen LogP contribution in [0.15, 0.2) is 18.2 Å². The van der Waals surface area contributed by atoms with E-state index in [0.29, 0.717) is 13.2 Å². The minimum atomic E-state index is -0.257.